The van der Waals surface area contributed by atoms with Gasteiger partial charge in [0.1, 0.15) is 0 Å². The molecule has 0 aliphatic heterocycles. The zero-order valence-electron chi connectivity index (χ0n) is 15.0. The molecule has 1 aromatic heterocycles. The van der Waals surface area contributed by atoms with E-state index in [1.807, 2.05) is 49.5 Å². The van der Waals surface area contributed by atoms with Crippen molar-refractivity contribution in [3.8, 4) is 5.69 Å². The van der Waals surface area contributed by atoms with E-state index in [9.17, 15) is 13.2 Å². The van der Waals surface area contributed by atoms with Crippen molar-refractivity contribution in [2.24, 2.45) is 0 Å². The van der Waals surface area contributed by atoms with E-state index in [-0.39, 0.29) is 0 Å². The summed E-state index contributed by atoms with van der Waals surface area (Å²) >= 11 is 1.68. The van der Waals surface area contributed by atoms with Crippen molar-refractivity contribution in [1.82, 2.24) is 9.78 Å². The van der Waals surface area contributed by atoms with Gasteiger partial charge in [0.05, 0.1) is 16.8 Å². The van der Waals surface area contributed by atoms with E-state index in [1.165, 1.54) is 12.1 Å². The van der Waals surface area contributed by atoms with E-state index in [1.54, 1.807) is 16.4 Å². The third-order valence-corrected chi connectivity index (χ3v) is 5.38. The van der Waals surface area contributed by atoms with Crippen LogP contribution in [0.4, 0.5) is 13.2 Å². The average molecular weight is 397 g/mol. The Morgan fingerprint density at radius 3 is 2.46 bits per heavy atom. The fourth-order valence-corrected chi connectivity index (χ4v) is 3.91. The number of aryl methyl sites for hydroxylation is 1. The maximum Gasteiger partial charge on any atom is 0.416 e. The Morgan fingerprint density at radius 1 is 1.00 bits per heavy atom. The maximum absolute atomic E-state index is 12.8. The predicted octanol–water partition coefficient (Wildman–Crippen LogP) is 6.45. The lowest BCUT2D eigenvalue weighted by Gasteiger charge is -2.07. The second kappa shape index (κ2) is 7.36. The summed E-state index contributed by atoms with van der Waals surface area (Å²) in [5.74, 6) is 0.737. The van der Waals surface area contributed by atoms with E-state index < -0.39 is 11.7 Å². The van der Waals surface area contributed by atoms with E-state index in [0.29, 0.717) is 5.69 Å². The van der Waals surface area contributed by atoms with Gasteiger partial charge in [-0.25, -0.2) is 4.68 Å². The van der Waals surface area contributed by atoms with Gasteiger partial charge in [0.2, 0.25) is 0 Å². The number of hydrogen-bond acceptors (Lipinski definition) is 2. The lowest BCUT2D eigenvalue weighted by molar-refractivity contribution is -0.137. The lowest BCUT2D eigenvalue weighted by atomic mass is 10.2. The molecule has 1 heterocycles. The van der Waals surface area contributed by atoms with Gasteiger partial charge in [-0.3, -0.25) is 0 Å². The van der Waals surface area contributed by atoms with Crippen molar-refractivity contribution in [1.29, 1.82) is 0 Å². The van der Waals surface area contributed by atoms with Gasteiger partial charge < -0.3 is 0 Å². The van der Waals surface area contributed by atoms with Gasteiger partial charge in [0.25, 0.3) is 0 Å². The number of nitrogens with zero attached hydrogens (tertiary/aromatic N) is 2. The monoisotopic (exact) mass is 397 g/mol. The molecule has 0 fully saturated rings. The van der Waals surface area contributed by atoms with Crippen LogP contribution in [0.2, 0.25) is 0 Å². The highest BCUT2D eigenvalue weighted by molar-refractivity contribution is 7.98. The summed E-state index contributed by atoms with van der Waals surface area (Å²) in [4.78, 5) is 1.07. The lowest BCUT2D eigenvalue weighted by Crippen LogP contribution is -2.05. The van der Waals surface area contributed by atoms with Crippen LogP contribution in [0.5, 0.6) is 0 Å². The minimum atomic E-state index is -4.34. The van der Waals surface area contributed by atoms with Gasteiger partial charge in [-0.05, 0) is 54.4 Å². The number of hydrogen-bond donors (Lipinski definition) is 0. The normalized spacial score (nSPS) is 11.9. The van der Waals surface area contributed by atoms with Crippen molar-refractivity contribution in [3.63, 3.8) is 0 Å². The van der Waals surface area contributed by atoms with Crippen LogP contribution >= 0.6 is 11.8 Å². The zero-order chi connectivity index (χ0) is 19.7. The summed E-state index contributed by atoms with van der Waals surface area (Å²) in [6, 6.07) is 20.3. The Balaban J connectivity index is 1.61. The first-order valence-corrected chi connectivity index (χ1v) is 9.65. The summed E-state index contributed by atoms with van der Waals surface area (Å²) in [6.45, 7) is 2.01. The Labute approximate surface area is 165 Å². The molecule has 141 valence electrons. The summed E-state index contributed by atoms with van der Waals surface area (Å²) in [6.07, 6.45) is -2.50. The second-order valence-electron chi connectivity index (χ2n) is 6.46. The van der Waals surface area contributed by atoms with Gasteiger partial charge in [-0.15, -0.1) is 11.8 Å². The van der Waals surface area contributed by atoms with Gasteiger partial charge in [-0.2, -0.15) is 18.3 Å². The molecule has 1 radical (unpaired) electrons. The Kier molecular flexibility index (Phi) is 4.89. The van der Waals surface area contributed by atoms with Gasteiger partial charge in [0, 0.05) is 22.2 Å². The quantitative estimate of drug-likeness (QED) is 0.369. The van der Waals surface area contributed by atoms with Crippen LogP contribution < -0.4 is 0 Å². The third-order valence-electron chi connectivity index (χ3n) is 4.38. The topological polar surface area (TPSA) is 17.8 Å². The first-order valence-electron chi connectivity index (χ1n) is 8.67. The molecule has 0 spiro atoms. The highest BCUT2D eigenvalue weighted by atomic mass is 32.2. The smallest absolute Gasteiger partial charge is 0.240 e. The Hall–Kier alpha value is -2.73. The first kappa shape index (κ1) is 18.6. The third kappa shape index (κ3) is 3.92. The molecule has 0 amide bonds. The molecule has 0 aliphatic rings. The van der Waals surface area contributed by atoms with Crippen molar-refractivity contribution in [3.05, 3.63) is 89.6 Å². The largest absolute Gasteiger partial charge is 0.416 e. The van der Waals surface area contributed by atoms with E-state index >= 15 is 0 Å². The standard InChI is InChI=1S/C22H16F3N2S/c1-15-4-2-7-20(12-15)28-14-17-6-3-5-16-13-27(26-21(16)17)19-10-8-18(9-11-19)22(23,24)25/h2-11,13H,14H2,1H3. The number of thioether (sulfide) groups is 1. The molecular formula is C22H16F3N2S. The SMILES string of the molecule is Cc1[c]c(SCc2cccc3cn(-c4ccc(C(F)(F)F)cc4)nc23)ccc1. The molecule has 0 bridgehead atoms. The molecule has 0 saturated heterocycles. The number of aromatic nitrogens is 2. The molecule has 4 rings (SSSR count). The van der Waals surface area contributed by atoms with Crippen molar-refractivity contribution >= 4 is 22.7 Å². The van der Waals surface area contributed by atoms with Gasteiger partial charge in [0.15, 0.2) is 0 Å². The highest BCUT2D eigenvalue weighted by Gasteiger charge is 2.30. The van der Waals surface area contributed by atoms with Crippen molar-refractivity contribution in [2.75, 3.05) is 0 Å². The van der Waals surface area contributed by atoms with Crippen molar-refractivity contribution in [2.45, 2.75) is 23.7 Å². The van der Waals surface area contributed by atoms with Crippen LogP contribution in [-0.4, -0.2) is 9.78 Å². The van der Waals surface area contributed by atoms with Crippen LogP contribution in [0.25, 0.3) is 16.6 Å². The molecule has 28 heavy (non-hydrogen) atoms. The molecule has 0 N–H and O–H groups in total. The van der Waals surface area contributed by atoms with E-state index in [4.69, 9.17) is 0 Å². The minimum Gasteiger partial charge on any atom is -0.240 e. The average Bonchev–Trinajstić information content (AvgIpc) is 3.11. The van der Waals surface area contributed by atoms with Crippen LogP contribution in [0.15, 0.2) is 71.8 Å². The molecule has 3 aromatic carbocycles. The Morgan fingerprint density at radius 2 is 1.75 bits per heavy atom. The fraction of sp³-hybridized carbons (Fsp3) is 0.136. The fourth-order valence-electron chi connectivity index (χ4n) is 2.95. The summed E-state index contributed by atoms with van der Waals surface area (Å²) in [5.41, 5.74) is 2.94. The zero-order valence-corrected chi connectivity index (χ0v) is 15.8. The minimum absolute atomic E-state index is 0.592. The van der Waals surface area contributed by atoms with Crippen LogP contribution in [0, 0.1) is 13.0 Å². The number of halogens is 3. The van der Waals surface area contributed by atoms with Gasteiger partial charge >= 0.3 is 6.18 Å². The van der Waals surface area contributed by atoms with Crippen LogP contribution in [0.3, 0.4) is 0 Å². The molecule has 2 nitrogen and oxygen atoms in total. The molecule has 0 saturated carbocycles. The highest BCUT2D eigenvalue weighted by Crippen LogP contribution is 2.30. The summed E-state index contributed by atoms with van der Waals surface area (Å²) < 4.78 is 39.9. The molecule has 0 aliphatic carbocycles. The summed E-state index contributed by atoms with van der Waals surface area (Å²) in [5, 5.41) is 5.57. The number of fused-ring (bicyclic) bond motifs is 1. The van der Waals surface area contributed by atoms with Crippen LogP contribution in [0.1, 0.15) is 16.7 Å². The molecule has 0 unspecified atom stereocenters. The Bertz CT molecular complexity index is 1110. The van der Waals surface area contributed by atoms with E-state index in [2.05, 4.69) is 11.2 Å². The van der Waals surface area contributed by atoms with E-state index in [0.717, 1.165) is 44.8 Å². The van der Waals surface area contributed by atoms with Gasteiger partial charge in [-0.1, -0.05) is 30.3 Å². The molecule has 6 heteroatoms. The molecule has 4 aromatic rings. The number of rotatable bonds is 4. The molecule has 0 atom stereocenters. The maximum atomic E-state index is 12.8. The first-order chi connectivity index (χ1) is 13.4. The summed E-state index contributed by atoms with van der Waals surface area (Å²) in [7, 11) is 0. The number of benzene rings is 3. The second-order valence-corrected chi connectivity index (χ2v) is 7.48. The molecular weight excluding hydrogens is 381 g/mol. The number of alkyl halides is 3. The van der Waals surface area contributed by atoms with Crippen LogP contribution in [-0.2, 0) is 11.9 Å². The van der Waals surface area contributed by atoms with Crippen molar-refractivity contribution < 1.29 is 13.2 Å². The predicted molar refractivity (Wildman–Crippen MR) is 106 cm³/mol.